The number of hydrogen-bond donors (Lipinski definition) is 0. The summed E-state index contributed by atoms with van der Waals surface area (Å²) in [5.74, 6) is 0.938. The molecule has 0 aliphatic rings. The van der Waals surface area contributed by atoms with Gasteiger partial charge in [-0.2, -0.15) is 0 Å². The van der Waals surface area contributed by atoms with Crippen molar-refractivity contribution in [2.75, 3.05) is 0 Å². The highest BCUT2D eigenvalue weighted by Crippen LogP contribution is 2.18. The first kappa shape index (κ1) is 12.3. The number of unbranched alkanes of at least 4 members (excludes halogenated alkanes) is 1. The Morgan fingerprint density at radius 2 is 2.00 bits per heavy atom. The molecule has 0 aliphatic carbocycles. The number of hydrogen-bond acceptors (Lipinski definition) is 1. The number of aromatic nitrogens is 2. The van der Waals surface area contributed by atoms with E-state index in [4.69, 9.17) is 0 Å². The van der Waals surface area contributed by atoms with Gasteiger partial charge in [0, 0.05) is 18.9 Å². The van der Waals surface area contributed by atoms with Crippen molar-refractivity contribution in [2.45, 2.75) is 58.9 Å². The van der Waals surface area contributed by atoms with Crippen molar-refractivity contribution in [3.63, 3.8) is 0 Å². The Kier molecular flexibility index (Phi) is 6.14. The van der Waals surface area contributed by atoms with Crippen LogP contribution in [0.15, 0.2) is 18.7 Å². The van der Waals surface area contributed by atoms with Crippen molar-refractivity contribution in [1.82, 2.24) is 9.55 Å². The minimum absolute atomic E-state index is 0.938. The van der Waals surface area contributed by atoms with E-state index in [1.165, 1.54) is 38.5 Å². The van der Waals surface area contributed by atoms with Gasteiger partial charge in [-0.25, -0.2) is 4.98 Å². The molecule has 0 amide bonds. The van der Waals surface area contributed by atoms with E-state index < -0.39 is 0 Å². The molecule has 0 aromatic carbocycles. The van der Waals surface area contributed by atoms with Gasteiger partial charge < -0.3 is 4.57 Å². The molecule has 0 bridgehead atoms. The Bertz CT molecular complexity index is 229. The minimum Gasteiger partial charge on any atom is -0.337 e. The Labute approximate surface area is 93.7 Å². The van der Waals surface area contributed by atoms with E-state index in [0.717, 1.165) is 12.5 Å². The molecule has 2 heteroatoms. The average Bonchev–Trinajstić information content (AvgIpc) is 2.76. The lowest BCUT2D eigenvalue weighted by atomic mass is 9.94. The van der Waals surface area contributed by atoms with Crippen molar-refractivity contribution in [1.29, 1.82) is 0 Å². The highest BCUT2D eigenvalue weighted by atomic mass is 15.0. The van der Waals surface area contributed by atoms with Crippen LogP contribution in [-0.4, -0.2) is 9.55 Å². The summed E-state index contributed by atoms with van der Waals surface area (Å²) >= 11 is 0. The smallest absolute Gasteiger partial charge is 0.0945 e. The summed E-state index contributed by atoms with van der Waals surface area (Å²) in [6.45, 7) is 5.72. The van der Waals surface area contributed by atoms with E-state index in [9.17, 15) is 0 Å². The van der Waals surface area contributed by atoms with Gasteiger partial charge in [-0.05, 0) is 18.8 Å². The quantitative estimate of drug-likeness (QED) is 0.634. The van der Waals surface area contributed by atoms with Crippen molar-refractivity contribution >= 4 is 0 Å². The number of imidazole rings is 1. The maximum atomic E-state index is 4.05. The predicted octanol–water partition coefficient (Wildman–Crippen LogP) is 3.88. The zero-order chi connectivity index (χ0) is 10.9. The van der Waals surface area contributed by atoms with Gasteiger partial charge in [0.15, 0.2) is 0 Å². The number of nitrogens with zero attached hydrogens (tertiary/aromatic N) is 2. The van der Waals surface area contributed by atoms with Gasteiger partial charge in [0.25, 0.3) is 0 Å². The van der Waals surface area contributed by atoms with Crippen molar-refractivity contribution in [3.05, 3.63) is 18.7 Å². The van der Waals surface area contributed by atoms with E-state index >= 15 is 0 Å². The van der Waals surface area contributed by atoms with Crippen LogP contribution in [0.3, 0.4) is 0 Å². The van der Waals surface area contributed by atoms with Crippen LogP contribution in [-0.2, 0) is 6.54 Å². The van der Waals surface area contributed by atoms with E-state index in [2.05, 4.69) is 23.4 Å². The molecule has 0 saturated heterocycles. The summed E-state index contributed by atoms with van der Waals surface area (Å²) in [5.41, 5.74) is 0. The second-order valence-corrected chi connectivity index (χ2v) is 4.36. The highest BCUT2D eigenvalue weighted by Gasteiger charge is 2.05. The van der Waals surface area contributed by atoms with Crippen LogP contribution in [0.4, 0.5) is 0 Å². The molecule has 1 atom stereocenters. The molecule has 86 valence electrons. The van der Waals surface area contributed by atoms with Crippen molar-refractivity contribution < 1.29 is 0 Å². The fraction of sp³-hybridized carbons (Fsp3) is 0.769. The fourth-order valence-electron chi connectivity index (χ4n) is 2.03. The molecule has 0 radical (unpaired) electrons. The van der Waals surface area contributed by atoms with Gasteiger partial charge in [-0.1, -0.05) is 39.5 Å². The molecule has 0 N–H and O–H groups in total. The van der Waals surface area contributed by atoms with Crippen LogP contribution in [0.2, 0.25) is 0 Å². The number of rotatable bonds is 8. The molecular formula is C13H24N2. The largest absolute Gasteiger partial charge is 0.337 e. The summed E-state index contributed by atoms with van der Waals surface area (Å²) in [6.07, 6.45) is 13.9. The molecule has 1 unspecified atom stereocenters. The molecule has 0 saturated carbocycles. The standard InChI is InChI=1S/C13H24N2/c1-3-5-7-13(4-2)8-6-10-15-11-9-14-12-15/h9,11-13H,3-8,10H2,1-2H3. The van der Waals surface area contributed by atoms with Gasteiger partial charge in [-0.3, -0.25) is 0 Å². The summed E-state index contributed by atoms with van der Waals surface area (Å²) in [4.78, 5) is 4.05. The van der Waals surface area contributed by atoms with E-state index in [1.54, 1.807) is 0 Å². The molecule has 15 heavy (non-hydrogen) atoms. The molecule has 1 aromatic heterocycles. The maximum absolute atomic E-state index is 4.05. The normalized spacial score (nSPS) is 12.9. The Balaban J connectivity index is 2.11. The maximum Gasteiger partial charge on any atom is 0.0945 e. The highest BCUT2D eigenvalue weighted by molar-refractivity contribution is 4.73. The molecule has 2 nitrogen and oxygen atoms in total. The van der Waals surface area contributed by atoms with Crippen LogP contribution >= 0.6 is 0 Å². The van der Waals surface area contributed by atoms with Crippen molar-refractivity contribution in [2.24, 2.45) is 5.92 Å². The molecule has 0 fully saturated rings. The van der Waals surface area contributed by atoms with Gasteiger partial charge >= 0.3 is 0 Å². The van der Waals surface area contributed by atoms with Crippen LogP contribution in [0.25, 0.3) is 0 Å². The van der Waals surface area contributed by atoms with Gasteiger partial charge in [-0.15, -0.1) is 0 Å². The third kappa shape index (κ3) is 5.01. The first-order valence-electron chi connectivity index (χ1n) is 6.32. The summed E-state index contributed by atoms with van der Waals surface area (Å²) in [7, 11) is 0. The van der Waals surface area contributed by atoms with Gasteiger partial charge in [0.2, 0.25) is 0 Å². The zero-order valence-corrected chi connectivity index (χ0v) is 10.2. The first-order valence-corrected chi connectivity index (χ1v) is 6.32. The minimum atomic E-state index is 0.938. The Morgan fingerprint density at radius 3 is 2.60 bits per heavy atom. The Hall–Kier alpha value is -0.790. The monoisotopic (exact) mass is 208 g/mol. The SMILES string of the molecule is CCCCC(CC)CCCn1ccnc1. The first-order chi connectivity index (χ1) is 7.36. The zero-order valence-electron chi connectivity index (χ0n) is 10.2. The van der Waals surface area contributed by atoms with E-state index in [1.807, 2.05) is 18.7 Å². The lowest BCUT2D eigenvalue weighted by Gasteiger charge is -2.14. The van der Waals surface area contributed by atoms with Crippen LogP contribution in [0, 0.1) is 5.92 Å². The fourth-order valence-corrected chi connectivity index (χ4v) is 2.03. The molecular weight excluding hydrogens is 184 g/mol. The lowest BCUT2D eigenvalue weighted by molar-refractivity contribution is 0.397. The van der Waals surface area contributed by atoms with E-state index in [0.29, 0.717) is 0 Å². The van der Waals surface area contributed by atoms with Gasteiger partial charge in [0.1, 0.15) is 0 Å². The van der Waals surface area contributed by atoms with Gasteiger partial charge in [0.05, 0.1) is 6.33 Å². The molecule has 1 rings (SSSR count). The molecule has 0 aliphatic heterocycles. The predicted molar refractivity (Wildman–Crippen MR) is 64.8 cm³/mol. The summed E-state index contributed by atoms with van der Waals surface area (Å²) < 4.78 is 2.17. The summed E-state index contributed by atoms with van der Waals surface area (Å²) in [6, 6.07) is 0. The summed E-state index contributed by atoms with van der Waals surface area (Å²) in [5, 5.41) is 0. The molecule has 1 aromatic rings. The second-order valence-electron chi connectivity index (χ2n) is 4.36. The van der Waals surface area contributed by atoms with Crippen LogP contribution in [0.5, 0.6) is 0 Å². The molecule has 0 spiro atoms. The van der Waals surface area contributed by atoms with Crippen LogP contribution < -0.4 is 0 Å². The van der Waals surface area contributed by atoms with E-state index in [-0.39, 0.29) is 0 Å². The second kappa shape index (κ2) is 7.49. The topological polar surface area (TPSA) is 17.8 Å². The van der Waals surface area contributed by atoms with Crippen molar-refractivity contribution in [3.8, 4) is 0 Å². The lowest BCUT2D eigenvalue weighted by Crippen LogP contribution is -2.02. The third-order valence-corrected chi connectivity index (χ3v) is 3.13. The van der Waals surface area contributed by atoms with Crippen LogP contribution in [0.1, 0.15) is 52.4 Å². The molecule has 1 heterocycles. The average molecular weight is 208 g/mol. The number of aryl methyl sites for hydroxylation is 1. The third-order valence-electron chi connectivity index (χ3n) is 3.13. The Morgan fingerprint density at radius 1 is 1.20 bits per heavy atom.